The Hall–Kier alpha value is -0.220. The second-order valence-electron chi connectivity index (χ2n) is 4.16. The molecule has 1 unspecified atom stereocenters. The lowest BCUT2D eigenvalue weighted by Gasteiger charge is -2.28. The molecule has 0 radical (unpaired) electrons. The molecule has 0 aliphatic carbocycles. The Balaban J connectivity index is 1.85. The SMILES string of the molecule is CC1NCC(=O)N1CC1CCSCC1. The lowest BCUT2D eigenvalue weighted by molar-refractivity contribution is -0.128. The van der Waals surface area contributed by atoms with Crippen LogP contribution in [0.15, 0.2) is 0 Å². The summed E-state index contributed by atoms with van der Waals surface area (Å²) in [6.07, 6.45) is 2.81. The van der Waals surface area contributed by atoms with Gasteiger partial charge in [0, 0.05) is 6.54 Å². The Morgan fingerprint density at radius 1 is 1.50 bits per heavy atom. The summed E-state index contributed by atoms with van der Waals surface area (Å²) in [6, 6.07) is 0. The predicted molar refractivity (Wildman–Crippen MR) is 59.2 cm³/mol. The Morgan fingerprint density at radius 3 is 2.79 bits per heavy atom. The monoisotopic (exact) mass is 214 g/mol. The summed E-state index contributed by atoms with van der Waals surface area (Å²) in [5, 5.41) is 3.18. The van der Waals surface area contributed by atoms with E-state index < -0.39 is 0 Å². The fourth-order valence-electron chi connectivity index (χ4n) is 2.13. The van der Waals surface area contributed by atoms with Crippen LogP contribution in [-0.2, 0) is 4.79 Å². The fourth-order valence-corrected chi connectivity index (χ4v) is 3.33. The quantitative estimate of drug-likeness (QED) is 0.741. The van der Waals surface area contributed by atoms with Crippen molar-refractivity contribution in [2.24, 2.45) is 5.92 Å². The van der Waals surface area contributed by atoms with Crippen LogP contribution in [0, 0.1) is 5.92 Å². The van der Waals surface area contributed by atoms with Crippen LogP contribution < -0.4 is 5.32 Å². The molecule has 0 spiro atoms. The number of carbonyl (C=O) groups excluding carboxylic acids is 1. The van der Waals surface area contributed by atoms with Crippen molar-refractivity contribution in [2.45, 2.75) is 25.9 Å². The van der Waals surface area contributed by atoms with Crippen LogP contribution in [0.4, 0.5) is 0 Å². The first-order valence-electron chi connectivity index (χ1n) is 5.38. The number of nitrogens with one attached hydrogen (secondary N) is 1. The van der Waals surface area contributed by atoms with Crippen molar-refractivity contribution < 1.29 is 4.79 Å². The number of carbonyl (C=O) groups is 1. The third-order valence-corrected chi connectivity index (χ3v) is 4.18. The summed E-state index contributed by atoms with van der Waals surface area (Å²) >= 11 is 2.04. The highest BCUT2D eigenvalue weighted by atomic mass is 32.2. The minimum atomic E-state index is 0.247. The minimum Gasteiger partial charge on any atom is -0.326 e. The van der Waals surface area contributed by atoms with E-state index in [1.165, 1.54) is 24.3 Å². The van der Waals surface area contributed by atoms with E-state index >= 15 is 0 Å². The van der Waals surface area contributed by atoms with Crippen molar-refractivity contribution in [3.8, 4) is 0 Å². The third-order valence-electron chi connectivity index (χ3n) is 3.13. The molecule has 0 aromatic heterocycles. The van der Waals surface area contributed by atoms with Crippen molar-refractivity contribution in [1.29, 1.82) is 0 Å². The molecule has 2 aliphatic heterocycles. The maximum atomic E-state index is 11.5. The molecule has 1 N–H and O–H groups in total. The normalized spacial score (nSPS) is 29.9. The maximum Gasteiger partial charge on any atom is 0.237 e. The molecule has 2 rings (SSSR count). The van der Waals surface area contributed by atoms with Gasteiger partial charge in [-0.25, -0.2) is 0 Å². The van der Waals surface area contributed by atoms with E-state index in [0.29, 0.717) is 6.54 Å². The highest BCUT2D eigenvalue weighted by molar-refractivity contribution is 7.99. The molecule has 1 amide bonds. The van der Waals surface area contributed by atoms with E-state index in [1.807, 2.05) is 16.7 Å². The molecule has 0 saturated carbocycles. The Bertz CT molecular complexity index is 216. The van der Waals surface area contributed by atoms with Gasteiger partial charge in [0.15, 0.2) is 0 Å². The number of nitrogens with zero attached hydrogens (tertiary/aromatic N) is 1. The lowest BCUT2D eigenvalue weighted by atomic mass is 10.0. The van der Waals surface area contributed by atoms with Crippen molar-refractivity contribution in [3.05, 3.63) is 0 Å². The number of thioether (sulfide) groups is 1. The Morgan fingerprint density at radius 2 is 2.21 bits per heavy atom. The zero-order chi connectivity index (χ0) is 9.97. The van der Waals surface area contributed by atoms with Crippen molar-refractivity contribution in [1.82, 2.24) is 10.2 Å². The maximum absolute atomic E-state index is 11.5. The number of hydrogen-bond donors (Lipinski definition) is 1. The summed E-state index contributed by atoms with van der Waals surface area (Å²) < 4.78 is 0. The van der Waals surface area contributed by atoms with Gasteiger partial charge in [-0.15, -0.1) is 0 Å². The molecule has 2 heterocycles. The first kappa shape index (κ1) is 10.3. The van der Waals surface area contributed by atoms with E-state index in [0.717, 1.165) is 12.5 Å². The van der Waals surface area contributed by atoms with Gasteiger partial charge in [0.05, 0.1) is 12.7 Å². The zero-order valence-corrected chi connectivity index (χ0v) is 9.48. The minimum absolute atomic E-state index is 0.247. The van der Waals surface area contributed by atoms with Gasteiger partial charge >= 0.3 is 0 Å². The molecule has 80 valence electrons. The van der Waals surface area contributed by atoms with Crippen molar-refractivity contribution >= 4 is 17.7 Å². The molecule has 2 aliphatic rings. The lowest BCUT2D eigenvalue weighted by Crippen LogP contribution is -2.39. The second kappa shape index (κ2) is 4.53. The van der Waals surface area contributed by atoms with Gasteiger partial charge in [-0.1, -0.05) is 0 Å². The molecule has 2 fully saturated rings. The molecular weight excluding hydrogens is 196 g/mol. The van der Waals surface area contributed by atoms with Crippen LogP contribution in [0.3, 0.4) is 0 Å². The highest BCUT2D eigenvalue weighted by Crippen LogP contribution is 2.24. The summed E-state index contributed by atoms with van der Waals surface area (Å²) in [4.78, 5) is 13.5. The third kappa shape index (κ3) is 2.23. The van der Waals surface area contributed by atoms with Gasteiger partial charge in [-0.3, -0.25) is 10.1 Å². The average Bonchev–Trinajstić information content (AvgIpc) is 2.51. The largest absolute Gasteiger partial charge is 0.326 e. The number of rotatable bonds is 2. The Labute approximate surface area is 89.6 Å². The Kier molecular flexibility index (Phi) is 3.34. The number of amides is 1. The van der Waals surface area contributed by atoms with Crippen LogP contribution >= 0.6 is 11.8 Å². The van der Waals surface area contributed by atoms with Gasteiger partial charge in [-0.05, 0) is 37.2 Å². The zero-order valence-electron chi connectivity index (χ0n) is 8.66. The highest BCUT2D eigenvalue weighted by Gasteiger charge is 2.29. The average molecular weight is 214 g/mol. The molecule has 0 bridgehead atoms. The van der Waals surface area contributed by atoms with Crippen LogP contribution in [-0.4, -0.2) is 41.6 Å². The van der Waals surface area contributed by atoms with Crippen LogP contribution in [0.1, 0.15) is 19.8 Å². The molecule has 4 heteroatoms. The fraction of sp³-hybridized carbons (Fsp3) is 0.900. The van der Waals surface area contributed by atoms with E-state index in [9.17, 15) is 4.79 Å². The van der Waals surface area contributed by atoms with Gasteiger partial charge in [0.2, 0.25) is 5.91 Å². The molecule has 0 aromatic rings. The first-order chi connectivity index (χ1) is 6.77. The van der Waals surface area contributed by atoms with Crippen molar-refractivity contribution in [2.75, 3.05) is 24.6 Å². The molecular formula is C10H18N2OS. The van der Waals surface area contributed by atoms with Crippen LogP contribution in [0.5, 0.6) is 0 Å². The van der Waals surface area contributed by atoms with Gasteiger partial charge < -0.3 is 4.90 Å². The molecule has 14 heavy (non-hydrogen) atoms. The standard InChI is InChI=1S/C10H18N2OS/c1-8-11-6-10(13)12(8)7-9-2-4-14-5-3-9/h8-9,11H,2-7H2,1H3. The van der Waals surface area contributed by atoms with Crippen molar-refractivity contribution in [3.63, 3.8) is 0 Å². The molecule has 3 nitrogen and oxygen atoms in total. The van der Waals surface area contributed by atoms with Crippen LogP contribution in [0.2, 0.25) is 0 Å². The van der Waals surface area contributed by atoms with E-state index in [1.54, 1.807) is 0 Å². The molecule has 2 saturated heterocycles. The van der Waals surface area contributed by atoms with Crippen LogP contribution in [0.25, 0.3) is 0 Å². The van der Waals surface area contributed by atoms with Gasteiger partial charge in [0.25, 0.3) is 0 Å². The summed E-state index contributed by atoms with van der Waals surface area (Å²) in [5.41, 5.74) is 0. The smallest absolute Gasteiger partial charge is 0.237 e. The summed E-state index contributed by atoms with van der Waals surface area (Å²) in [7, 11) is 0. The topological polar surface area (TPSA) is 32.3 Å². The molecule has 0 aromatic carbocycles. The van der Waals surface area contributed by atoms with Gasteiger partial charge in [0.1, 0.15) is 0 Å². The predicted octanol–water partition coefficient (Wildman–Crippen LogP) is 0.907. The first-order valence-corrected chi connectivity index (χ1v) is 6.53. The van der Waals surface area contributed by atoms with E-state index in [4.69, 9.17) is 0 Å². The number of hydrogen-bond acceptors (Lipinski definition) is 3. The second-order valence-corrected chi connectivity index (χ2v) is 5.38. The summed E-state index contributed by atoms with van der Waals surface area (Å²) in [5.74, 6) is 3.56. The summed E-state index contributed by atoms with van der Waals surface area (Å²) in [6.45, 7) is 3.57. The van der Waals surface area contributed by atoms with Gasteiger partial charge in [-0.2, -0.15) is 11.8 Å². The van der Waals surface area contributed by atoms with E-state index in [-0.39, 0.29) is 12.1 Å². The molecule has 1 atom stereocenters. The van der Waals surface area contributed by atoms with E-state index in [2.05, 4.69) is 12.2 Å².